The van der Waals surface area contributed by atoms with E-state index in [1.54, 1.807) is 36.4 Å². The molecular formula is C15H14ClNO3S. The third kappa shape index (κ3) is 3.83. The molecule has 2 rings (SSSR count). The maximum atomic E-state index is 12.2. The third-order valence-electron chi connectivity index (χ3n) is 2.88. The Morgan fingerprint density at radius 3 is 2.52 bits per heavy atom. The lowest BCUT2D eigenvalue weighted by Crippen LogP contribution is -2.14. The summed E-state index contributed by atoms with van der Waals surface area (Å²) in [4.78, 5) is 12.3. The van der Waals surface area contributed by atoms with E-state index in [0.29, 0.717) is 11.4 Å². The van der Waals surface area contributed by atoms with E-state index in [1.165, 1.54) is 6.07 Å². The van der Waals surface area contributed by atoms with Crippen molar-refractivity contribution in [1.82, 2.24) is 0 Å². The highest BCUT2D eigenvalue weighted by molar-refractivity contribution is 7.90. The van der Waals surface area contributed by atoms with Crippen LogP contribution >= 0.6 is 11.6 Å². The average Bonchev–Trinajstić information content (AvgIpc) is 2.46. The molecule has 0 saturated carbocycles. The zero-order valence-corrected chi connectivity index (χ0v) is 12.9. The van der Waals surface area contributed by atoms with E-state index >= 15 is 0 Å². The predicted molar refractivity (Wildman–Crippen MR) is 83.5 cm³/mol. The van der Waals surface area contributed by atoms with Crippen molar-refractivity contribution in [3.8, 4) is 0 Å². The maximum Gasteiger partial charge on any atom is 0.255 e. The predicted octanol–water partition coefficient (Wildman–Crippen LogP) is 3.08. The van der Waals surface area contributed by atoms with Gasteiger partial charge in [-0.05, 0) is 29.8 Å². The van der Waals surface area contributed by atoms with Crippen molar-refractivity contribution < 1.29 is 13.2 Å². The summed E-state index contributed by atoms with van der Waals surface area (Å²) in [7, 11) is -3.41. The number of anilines is 1. The number of hydrogen-bond donors (Lipinski definition) is 1. The molecule has 2 aromatic carbocycles. The monoisotopic (exact) mass is 323 g/mol. The van der Waals surface area contributed by atoms with Crippen molar-refractivity contribution in [2.75, 3.05) is 11.6 Å². The van der Waals surface area contributed by atoms with Crippen LogP contribution in [0.1, 0.15) is 15.9 Å². The first kappa shape index (κ1) is 15.5. The molecule has 0 aliphatic heterocycles. The van der Waals surface area contributed by atoms with Crippen LogP contribution < -0.4 is 5.32 Å². The number of halogens is 1. The lowest BCUT2D eigenvalue weighted by Gasteiger charge is -2.10. The van der Waals surface area contributed by atoms with E-state index in [1.807, 2.05) is 6.07 Å². The number of carbonyl (C=O) groups is 1. The van der Waals surface area contributed by atoms with Gasteiger partial charge in [-0.1, -0.05) is 24.3 Å². The number of hydrogen-bond acceptors (Lipinski definition) is 3. The molecule has 0 atom stereocenters. The Labute approximate surface area is 128 Å². The lowest BCUT2D eigenvalue weighted by molar-refractivity contribution is 0.102. The van der Waals surface area contributed by atoms with Crippen LogP contribution in [-0.2, 0) is 15.7 Å². The first-order chi connectivity index (χ1) is 9.91. The van der Waals surface area contributed by atoms with Crippen LogP contribution in [0.2, 0.25) is 0 Å². The van der Waals surface area contributed by atoms with E-state index in [0.717, 1.165) is 11.8 Å². The minimum absolute atomic E-state index is 0.0897. The largest absolute Gasteiger partial charge is 0.321 e. The average molecular weight is 324 g/mol. The minimum atomic E-state index is -3.41. The molecule has 2 aromatic rings. The SMILES string of the molecule is CS(=O)(=O)c1ccccc1NC(=O)c1cccc(CCl)c1. The van der Waals surface area contributed by atoms with Crippen LogP contribution in [0.25, 0.3) is 0 Å². The quantitative estimate of drug-likeness (QED) is 0.879. The van der Waals surface area contributed by atoms with Gasteiger partial charge in [0.15, 0.2) is 9.84 Å². The van der Waals surface area contributed by atoms with Crippen LogP contribution in [0, 0.1) is 0 Å². The van der Waals surface area contributed by atoms with E-state index in [4.69, 9.17) is 11.6 Å². The van der Waals surface area contributed by atoms with Crippen LogP contribution in [0.4, 0.5) is 5.69 Å². The Morgan fingerprint density at radius 2 is 1.86 bits per heavy atom. The Hall–Kier alpha value is -1.85. The molecule has 21 heavy (non-hydrogen) atoms. The summed E-state index contributed by atoms with van der Waals surface area (Å²) in [5, 5.41) is 2.62. The van der Waals surface area contributed by atoms with Crippen molar-refractivity contribution in [3.63, 3.8) is 0 Å². The van der Waals surface area contributed by atoms with Crippen LogP contribution in [0.3, 0.4) is 0 Å². The highest BCUT2D eigenvalue weighted by Crippen LogP contribution is 2.21. The molecule has 0 aromatic heterocycles. The Morgan fingerprint density at radius 1 is 1.14 bits per heavy atom. The molecule has 0 heterocycles. The van der Waals surface area contributed by atoms with Gasteiger partial charge in [0, 0.05) is 17.7 Å². The van der Waals surface area contributed by atoms with Gasteiger partial charge in [-0.25, -0.2) is 8.42 Å². The Balaban J connectivity index is 2.32. The van der Waals surface area contributed by atoms with Gasteiger partial charge in [-0.2, -0.15) is 0 Å². The molecule has 0 bridgehead atoms. The van der Waals surface area contributed by atoms with Gasteiger partial charge in [-0.15, -0.1) is 11.6 Å². The summed E-state index contributed by atoms with van der Waals surface area (Å²) >= 11 is 5.74. The molecule has 1 N–H and O–H groups in total. The van der Waals surface area contributed by atoms with E-state index < -0.39 is 9.84 Å². The summed E-state index contributed by atoms with van der Waals surface area (Å²) in [5.41, 5.74) is 1.51. The van der Waals surface area contributed by atoms with E-state index in [9.17, 15) is 13.2 Å². The van der Waals surface area contributed by atoms with Gasteiger partial charge >= 0.3 is 0 Å². The number of nitrogens with one attached hydrogen (secondary N) is 1. The van der Waals surface area contributed by atoms with Crippen molar-refractivity contribution in [3.05, 3.63) is 59.7 Å². The van der Waals surface area contributed by atoms with Crippen LogP contribution in [0.15, 0.2) is 53.4 Å². The molecule has 110 valence electrons. The number of rotatable bonds is 4. The standard InChI is InChI=1S/C15H14ClNO3S/c1-21(19,20)14-8-3-2-7-13(14)17-15(18)12-6-4-5-11(9-12)10-16/h2-9H,10H2,1H3,(H,17,18). The molecule has 0 spiro atoms. The number of carbonyl (C=O) groups excluding carboxylic acids is 1. The fourth-order valence-electron chi connectivity index (χ4n) is 1.88. The number of amides is 1. The van der Waals surface area contributed by atoms with Gasteiger partial charge in [0.2, 0.25) is 0 Å². The molecule has 0 unspecified atom stereocenters. The van der Waals surface area contributed by atoms with Crippen LogP contribution in [-0.4, -0.2) is 20.6 Å². The maximum absolute atomic E-state index is 12.2. The van der Waals surface area contributed by atoms with Crippen LogP contribution in [0.5, 0.6) is 0 Å². The van der Waals surface area contributed by atoms with Crippen molar-refractivity contribution >= 4 is 33.0 Å². The van der Waals surface area contributed by atoms with Crippen molar-refractivity contribution in [2.45, 2.75) is 10.8 Å². The molecule has 0 radical (unpaired) electrons. The van der Waals surface area contributed by atoms with Gasteiger partial charge in [0.25, 0.3) is 5.91 Å². The second kappa shape index (κ2) is 6.28. The highest BCUT2D eigenvalue weighted by Gasteiger charge is 2.15. The number of sulfone groups is 1. The van der Waals surface area contributed by atoms with E-state index in [2.05, 4.69) is 5.32 Å². The van der Waals surface area contributed by atoms with Gasteiger partial charge in [-0.3, -0.25) is 4.79 Å². The fraction of sp³-hybridized carbons (Fsp3) is 0.133. The number of benzene rings is 2. The third-order valence-corrected chi connectivity index (χ3v) is 4.34. The van der Waals surface area contributed by atoms with Crippen molar-refractivity contribution in [2.24, 2.45) is 0 Å². The number of alkyl halides is 1. The Kier molecular flexibility index (Phi) is 4.65. The summed E-state index contributed by atoms with van der Waals surface area (Å²) in [6.45, 7) is 0. The number of para-hydroxylation sites is 1. The molecule has 0 aliphatic carbocycles. The lowest BCUT2D eigenvalue weighted by atomic mass is 10.1. The topological polar surface area (TPSA) is 63.2 Å². The highest BCUT2D eigenvalue weighted by atomic mass is 35.5. The summed E-state index contributed by atoms with van der Waals surface area (Å²) in [6, 6.07) is 13.2. The second-order valence-corrected chi connectivity index (χ2v) is 6.81. The summed E-state index contributed by atoms with van der Waals surface area (Å²) < 4.78 is 23.4. The molecule has 0 saturated heterocycles. The smallest absolute Gasteiger partial charge is 0.255 e. The second-order valence-electron chi connectivity index (χ2n) is 4.56. The molecule has 0 fully saturated rings. The first-order valence-corrected chi connectivity index (χ1v) is 8.60. The molecule has 6 heteroatoms. The molecule has 0 aliphatic rings. The fourth-order valence-corrected chi connectivity index (χ4v) is 2.89. The molecular weight excluding hydrogens is 310 g/mol. The summed E-state index contributed by atoms with van der Waals surface area (Å²) in [6.07, 6.45) is 1.10. The summed E-state index contributed by atoms with van der Waals surface area (Å²) in [5.74, 6) is -0.0702. The molecule has 1 amide bonds. The van der Waals surface area contributed by atoms with E-state index in [-0.39, 0.29) is 16.5 Å². The molecule has 4 nitrogen and oxygen atoms in total. The van der Waals surface area contributed by atoms with Gasteiger partial charge in [0.1, 0.15) is 0 Å². The van der Waals surface area contributed by atoms with Gasteiger partial charge in [0.05, 0.1) is 10.6 Å². The normalized spacial score (nSPS) is 11.1. The minimum Gasteiger partial charge on any atom is -0.321 e. The zero-order chi connectivity index (χ0) is 15.5. The Bertz CT molecular complexity index is 772. The first-order valence-electron chi connectivity index (χ1n) is 6.17. The van der Waals surface area contributed by atoms with Gasteiger partial charge < -0.3 is 5.32 Å². The van der Waals surface area contributed by atoms with Crippen molar-refractivity contribution in [1.29, 1.82) is 0 Å². The zero-order valence-electron chi connectivity index (χ0n) is 11.3.